The highest BCUT2D eigenvalue weighted by Crippen LogP contribution is 2.48. The first-order valence-electron chi connectivity index (χ1n) is 17.0. The number of ether oxygens (including phenoxy) is 2. The smallest absolute Gasteiger partial charge is 0.319 e. The van der Waals surface area contributed by atoms with Gasteiger partial charge in [-0.3, -0.25) is 0 Å². The molecule has 0 bridgehead atoms. The Hall–Kier alpha value is -5.19. The number of thioether (sulfide) groups is 1. The zero-order valence-electron chi connectivity index (χ0n) is 28.1. The SMILES string of the molecule is CCNC(=O)Nc1cccc(C2OC(CSc3nc(-c4ccccc4)c(-c4ccccc4)o3)C(c3ccccc3)C(c3ccc(CO)cc3)O2)c1. The summed E-state index contributed by atoms with van der Waals surface area (Å²) in [5.41, 5.74) is 6.98. The Morgan fingerprint density at radius 2 is 1.43 bits per heavy atom. The highest BCUT2D eigenvalue weighted by molar-refractivity contribution is 7.99. The maximum Gasteiger partial charge on any atom is 0.319 e. The van der Waals surface area contributed by atoms with Crippen molar-refractivity contribution in [3.8, 4) is 22.6 Å². The Labute approximate surface area is 301 Å². The zero-order chi connectivity index (χ0) is 35.0. The van der Waals surface area contributed by atoms with Gasteiger partial charge in [-0.05, 0) is 35.7 Å². The lowest BCUT2D eigenvalue weighted by Gasteiger charge is -2.43. The van der Waals surface area contributed by atoms with Gasteiger partial charge in [0.2, 0.25) is 0 Å². The zero-order valence-corrected chi connectivity index (χ0v) is 29.0. The number of aliphatic hydroxyl groups is 1. The number of nitrogens with one attached hydrogen (secondary N) is 2. The van der Waals surface area contributed by atoms with Gasteiger partial charge in [0.1, 0.15) is 5.69 Å². The number of anilines is 1. The first-order chi connectivity index (χ1) is 25.1. The van der Waals surface area contributed by atoms with E-state index in [4.69, 9.17) is 18.9 Å². The van der Waals surface area contributed by atoms with Crippen LogP contribution in [0.3, 0.4) is 0 Å². The van der Waals surface area contributed by atoms with Gasteiger partial charge in [-0.2, -0.15) is 0 Å². The van der Waals surface area contributed by atoms with E-state index in [1.165, 1.54) is 11.8 Å². The highest BCUT2D eigenvalue weighted by Gasteiger charge is 2.42. The maximum absolute atomic E-state index is 12.3. The number of hydrogen-bond acceptors (Lipinski definition) is 7. The first kappa shape index (κ1) is 34.3. The third kappa shape index (κ3) is 8.08. The van der Waals surface area contributed by atoms with Crippen molar-refractivity contribution in [2.45, 2.75) is 43.2 Å². The molecule has 258 valence electrons. The Kier molecular flexibility index (Phi) is 10.9. The molecule has 1 aliphatic rings. The molecule has 1 aliphatic heterocycles. The molecule has 4 atom stereocenters. The van der Waals surface area contributed by atoms with Crippen LogP contribution in [-0.4, -0.2) is 34.5 Å². The summed E-state index contributed by atoms with van der Waals surface area (Å²) >= 11 is 1.51. The van der Waals surface area contributed by atoms with E-state index in [1.807, 2.05) is 134 Å². The van der Waals surface area contributed by atoms with E-state index in [2.05, 4.69) is 22.8 Å². The maximum atomic E-state index is 12.3. The predicted octanol–water partition coefficient (Wildman–Crippen LogP) is 9.37. The monoisotopic (exact) mass is 697 g/mol. The second-order valence-electron chi connectivity index (χ2n) is 12.2. The van der Waals surface area contributed by atoms with Gasteiger partial charge in [0.15, 0.2) is 12.1 Å². The number of nitrogens with zero attached hydrogens (tertiary/aromatic N) is 1. The predicted molar refractivity (Wildman–Crippen MR) is 200 cm³/mol. The minimum absolute atomic E-state index is 0.0452. The molecule has 1 aromatic heterocycles. The summed E-state index contributed by atoms with van der Waals surface area (Å²) < 4.78 is 20.3. The van der Waals surface area contributed by atoms with Crippen molar-refractivity contribution in [3.05, 3.63) is 162 Å². The molecule has 51 heavy (non-hydrogen) atoms. The summed E-state index contributed by atoms with van der Waals surface area (Å²) in [6, 6.07) is 45.5. The summed E-state index contributed by atoms with van der Waals surface area (Å²) in [5.74, 6) is 1.04. The van der Waals surface area contributed by atoms with E-state index in [-0.39, 0.29) is 24.7 Å². The number of benzene rings is 5. The van der Waals surface area contributed by atoms with Crippen LogP contribution in [0.5, 0.6) is 0 Å². The minimum atomic E-state index is -0.738. The van der Waals surface area contributed by atoms with Gasteiger partial charge in [0, 0.05) is 40.6 Å². The number of carbonyl (C=O) groups excluding carboxylic acids is 1. The molecule has 5 aromatic carbocycles. The highest BCUT2D eigenvalue weighted by atomic mass is 32.2. The average Bonchev–Trinajstić information content (AvgIpc) is 3.62. The largest absolute Gasteiger partial charge is 0.431 e. The minimum Gasteiger partial charge on any atom is -0.431 e. The third-order valence-electron chi connectivity index (χ3n) is 8.79. The van der Waals surface area contributed by atoms with Gasteiger partial charge < -0.3 is 29.6 Å². The number of aliphatic hydroxyl groups excluding tert-OH is 1. The molecule has 2 heterocycles. The van der Waals surface area contributed by atoms with E-state index in [0.717, 1.165) is 39.1 Å². The number of carbonyl (C=O) groups is 1. The third-order valence-corrected chi connectivity index (χ3v) is 9.70. The first-order valence-corrected chi connectivity index (χ1v) is 18.0. The van der Waals surface area contributed by atoms with Gasteiger partial charge in [-0.1, -0.05) is 139 Å². The van der Waals surface area contributed by atoms with Crippen molar-refractivity contribution in [2.24, 2.45) is 0 Å². The van der Waals surface area contributed by atoms with Crippen LogP contribution in [0.25, 0.3) is 22.6 Å². The van der Waals surface area contributed by atoms with E-state index in [1.54, 1.807) is 0 Å². The second kappa shape index (κ2) is 16.2. The van der Waals surface area contributed by atoms with Crippen LogP contribution in [0, 0.1) is 0 Å². The van der Waals surface area contributed by atoms with Crippen LogP contribution in [0.15, 0.2) is 149 Å². The van der Waals surface area contributed by atoms with Crippen LogP contribution >= 0.6 is 11.8 Å². The lowest BCUT2D eigenvalue weighted by molar-refractivity contribution is -0.255. The van der Waals surface area contributed by atoms with Crippen molar-refractivity contribution in [1.29, 1.82) is 0 Å². The molecule has 7 rings (SSSR count). The Balaban J connectivity index is 1.25. The summed E-state index contributed by atoms with van der Waals surface area (Å²) in [4.78, 5) is 17.4. The number of amides is 2. The number of rotatable bonds is 11. The molecule has 9 heteroatoms. The molecule has 6 aromatic rings. The summed E-state index contributed by atoms with van der Waals surface area (Å²) in [6.45, 7) is 2.34. The molecule has 0 spiro atoms. The Bertz CT molecular complexity index is 1970. The quantitative estimate of drug-likeness (QED) is 0.116. The topological polar surface area (TPSA) is 106 Å². The van der Waals surface area contributed by atoms with E-state index < -0.39 is 12.4 Å². The lowest BCUT2D eigenvalue weighted by atomic mass is 9.84. The fourth-order valence-corrected chi connectivity index (χ4v) is 7.23. The van der Waals surface area contributed by atoms with Crippen molar-refractivity contribution in [3.63, 3.8) is 0 Å². The van der Waals surface area contributed by atoms with Crippen LogP contribution in [0.1, 0.15) is 47.5 Å². The van der Waals surface area contributed by atoms with Crippen molar-refractivity contribution in [2.75, 3.05) is 17.6 Å². The number of oxazole rings is 1. The van der Waals surface area contributed by atoms with E-state index >= 15 is 0 Å². The lowest BCUT2D eigenvalue weighted by Crippen LogP contribution is -2.38. The Morgan fingerprint density at radius 1 is 0.765 bits per heavy atom. The average molecular weight is 698 g/mol. The molecule has 2 amide bonds. The molecule has 3 N–H and O–H groups in total. The van der Waals surface area contributed by atoms with Crippen molar-refractivity contribution in [1.82, 2.24) is 10.3 Å². The number of aromatic nitrogens is 1. The molecule has 0 saturated carbocycles. The molecule has 4 unspecified atom stereocenters. The molecule has 1 fully saturated rings. The second-order valence-corrected chi connectivity index (χ2v) is 13.2. The van der Waals surface area contributed by atoms with Gasteiger partial charge in [-0.15, -0.1) is 0 Å². The van der Waals surface area contributed by atoms with Crippen LogP contribution < -0.4 is 10.6 Å². The van der Waals surface area contributed by atoms with Gasteiger partial charge in [0.25, 0.3) is 5.22 Å². The van der Waals surface area contributed by atoms with Gasteiger partial charge in [0.05, 0.1) is 18.8 Å². The molecular weight excluding hydrogens is 659 g/mol. The molecule has 8 nitrogen and oxygen atoms in total. The van der Waals surface area contributed by atoms with Crippen molar-refractivity contribution >= 4 is 23.5 Å². The molecule has 0 radical (unpaired) electrons. The normalized spacial score (nSPS) is 18.6. The standard InChI is InChI=1S/C42H39N3O5S/c1-2-43-41(47)44-34-20-12-19-33(25-34)40-48-35(36(29-13-6-3-7-14-29)38(49-40)32-23-21-28(26-46)22-24-32)27-51-42-45-37(30-15-8-4-9-16-30)39(50-42)31-17-10-5-11-18-31/h3-25,35-36,38,40,46H,2,26-27H2,1H3,(H2,43,44,47). The van der Waals surface area contributed by atoms with Crippen LogP contribution in [-0.2, 0) is 16.1 Å². The van der Waals surface area contributed by atoms with Crippen LogP contribution in [0.4, 0.5) is 10.5 Å². The van der Waals surface area contributed by atoms with E-state index in [9.17, 15) is 9.90 Å². The molecule has 1 saturated heterocycles. The fourth-order valence-electron chi connectivity index (χ4n) is 6.34. The summed E-state index contributed by atoms with van der Waals surface area (Å²) in [5, 5.41) is 16.0. The summed E-state index contributed by atoms with van der Waals surface area (Å²) in [7, 11) is 0. The van der Waals surface area contributed by atoms with Crippen molar-refractivity contribution < 1.29 is 23.8 Å². The van der Waals surface area contributed by atoms with Crippen LogP contribution in [0.2, 0.25) is 0 Å². The van der Waals surface area contributed by atoms with Gasteiger partial charge in [-0.25, -0.2) is 9.78 Å². The molecule has 0 aliphatic carbocycles. The summed E-state index contributed by atoms with van der Waals surface area (Å²) in [6.07, 6.45) is -1.47. The fraction of sp³-hybridized carbons (Fsp3) is 0.190. The number of urea groups is 1. The Morgan fingerprint density at radius 3 is 2.12 bits per heavy atom. The van der Waals surface area contributed by atoms with E-state index in [0.29, 0.717) is 29.0 Å². The number of hydrogen-bond donors (Lipinski definition) is 3. The van der Waals surface area contributed by atoms with Gasteiger partial charge >= 0.3 is 6.03 Å². The molecular formula is C42H39N3O5S.